The van der Waals surface area contributed by atoms with E-state index in [1.54, 1.807) is 0 Å². The highest BCUT2D eigenvalue weighted by Crippen LogP contribution is 2.24. The summed E-state index contributed by atoms with van der Waals surface area (Å²) in [7, 11) is 0. The van der Waals surface area contributed by atoms with Crippen molar-refractivity contribution in [3.63, 3.8) is 0 Å². The van der Waals surface area contributed by atoms with Crippen LogP contribution in [0.1, 0.15) is 36.6 Å². The van der Waals surface area contributed by atoms with Crippen LogP contribution in [0.25, 0.3) is 0 Å². The Bertz CT molecular complexity index is 457. The standard InChI is InChI=1S/C15H22N2OS/c1-12-4-2-3-7-17(12)15(18)11-16-8-5-14-13(10-16)6-9-19-14/h6,9,12H,2-5,7-8,10-11H2,1H3/t12-/m1/s1. The smallest absolute Gasteiger partial charge is 0.236 e. The van der Waals surface area contributed by atoms with E-state index in [1.165, 1.54) is 29.7 Å². The van der Waals surface area contributed by atoms with Crippen LogP contribution in [0.5, 0.6) is 0 Å². The van der Waals surface area contributed by atoms with E-state index in [0.29, 0.717) is 18.5 Å². The molecule has 4 heteroatoms. The Labute approximate surface area is 119 Å². The maximum atomic E-state index is 12.4. The van der Waals surface area contributed by atoms with Gasteiger partial charge in [-0.1, -0.05) is 0 Å². The Morgan fingerprint density at radius 2 is 2.32 bits per heavy atom. The molecule has 1 fully saturated rings. The van der Waals surface area contributed by atoms with Gasteiger partial charge in [-0.2, -0.15) is 0 Å². The molecule has 2 aliphatic heterocycles. The van der Waals surface area contributed by atoms with Crippen LogP contribution in [0.2, 0.25) is 0 Å². The first-order valence-electron chi connectivity index (χ1n) is 7.31. The molecule has 2 aliphatic rings. The zero-order valence-corrected chi connectivity index (χ0v) is 12.4. The second kappa shape index (κ2) is 5.63. The lowest BCUT2D eigenvalue weighted by Crippen LogP contribution is -2.47. The average Bonchev–Trinajstić information content (AvgIpc) is 2.86. The minimum absolute atomic E-state index is 0.325. The lowest BCUT2D eigenvalue weighted by atomic mass is 10.0. The lowest BCUT2D eigenvalue weighted by molar-refractivity contribution is -0.135. The van der Waals surface area contributed by atoms with Crippen LogP contribution in [-0.2, 0) is 17.8 Å². The number of rotatable bonds is 2. The largest absolute Gasteiger partial charge is 0.339 e. The van der Waals surface area contributed by atoms with E-state index < -0.39 is 0 Å². The first kappa shape index (κ1) is 13.1. The van der Waals surface area contributed by atoms with Gasteiger partial charge in [-0.25, -0.2) is 0 Å². The molecule has 19 heavy (non-hydrogen) atoms. The first-order chi connectivity index (χ1) is 9.24. The first-order valence-corrected chi connectivity index (χ1v) is 8.19. The fourth-order valence-electron chi connectivity index (χ4n) is 3.19. The Kier molecular flexibility index (Phi) is 3.89. The van der Waals surface area contributed by atoms with Gasteiger partial charge in [0.1, 0.15) is 0 Å². The summed E-state index contributed by atoms with van der Waals surface area (Å²) in [6.45, 7) is 5.72. The highest BCUT2D eigenvalue weighted by atomic mass is 32.1. The fraction of sp³-hybridized carbons (Fsp3) is 0.667. The predicted octanol–water partition coefficient (Wildman–Crippen LogP) is 2.51. The molecule has 0 radical (unpaired) electrons. The number of nitrogens with zero attached hydrogens (tertiary/aromatic N) is 2. The zero-order chi connectivity index (χ0) is 13.2. The summed E-state index contributed by atoms with van der Waals surface area (Å²) in [5, 5.41) is 2.17. The third-order valence-corrected chi connectivity index (χ3v) is 5.39. The van der Waals surface area contributed by atoms with Gasteiger partial charge in [0, 0.05) is 30.6 Å². The van der Waals surface area contributed by atoms with Crippen LogP contribution in [0, 0.1) is 0 Å². The highest BCUT2D eigenvalue weighted by molar-refractivity contribution is 7.10. The van der Waals surface area contributed by atoms with Gasteiger partial charge in [0.05, 0.1) is 6.54 Å². The third-order valence-electron chi connectivity index (χ3n) is 4.37. The molecule has 0 bridgehead atoms. The molecule has 0 aliphatic carbocycles. The Balaban J connectivity index is 1.58. The van der Waals surface area contributed by atoms with Crippen LogP contribution in [-0.4, -0.2) is 41.4 Å². The summed E-state index contributed by atoms with van der Waals surface area (Å²) in [6.07, 6.45) is 4.72. The molecule has 104 valence electrons. The van der Waals surface area contributed by atoms with Crippen LogP contribution < -0.4 is 0 Å². The van der Waals surface area contributed by atoms with E-state index in [9.17, 15) is 4.79 Å². The SMILES string of the molecule is C[C@@H]1CCCCN1C(=O)CN1CCc2sccc2C1. The molecular formula is C15H22N2OS. The predicted molar refractivity (Wildman–Crippen MR) is 78.3 cm³/mol. The Morgan fingerprint density at radius 3 is 3.16 bits per heavy atom. The highest BCUT2D eigenvalue weighted by Gasteiger charge is 2.26. The molecule has 0 spiro atoms. The summed E-state index contributed by atoms with van der Waals surface area (Å²) >= 11 is 1.85. The van der Waals surface area contributed by atoms with E-state index >= 15 is 0 Å². The molecule has 0 saturated carbocycles. The van der Waals surface area contributed by atoms with Crippen LogP contribution in [0.3, 0.4) is 0 Å². The summed E-state index contributed by atoms with van der Waals surface area (Å²) < 4.78 is 0. The van der Waals surface area contributed by atoms with Crippen LogP contribution >= 0.6 is 11.3 Å². The molecule has 3 heterocycles. The minimum Gasteiger partial charge on any atom is -0.339 e. The molecule has 0 aromatic carbocycles. The Morgan fingerprint density at radius 1 is 1.42 bits per heavy atom. The van der Waals surface area contributed by atoms with Crippen molar-refractivity contribution in [1.82, 2.24) is 9.80 Å². The van der Waals surface area contributed by atoms with Crippen molar-refractivity contribution in [2.24, 2.45) is 0 Å². The van der Waals surface area contributed by atoms with E-state index in [-0.39, 0.29) is 0 Å². The average molecular weight is 278 g/mol. The molecule has 3 rings (SSSR count). The number of hydrogen-bond donors (Lipinski definition) is 0. The molecule has 1 atom stereocenters. The lowest BCUT2D eigenvalue weighted by Gasteiger charge is -2.35. The monoisotopic (exact) mass is 278 g/mol. The zero-order valence-electron chi connectivity index (χ0n) is 11.6. The quantitative estimate of drug-likeness (QED) is 0.830. The van der Waals surface area contributed by atoms with Crippen molar-refractivity contribution >= 4 is 17.2 Å². The number of likely N-dealkylation sites (tertiary alicyclic amines) is 1. The van der Waals surface area contributed by atoms with Crippen molar-refractivity contribution < 1.29 is 4.79 Å². The van der Waals surface area contributed by atoms with Gasteiger partial charge in [-0.05, 0) is 49.6 Å². The maximum absolute atomic E-state index is 12.4. The maximum Gasteiger partial charge on any atom is 0.236 e. The summed E-state index contributed by atoms with van der Waals surface area (Å²) in [6, 6.07) is 2.64. The van der Waals surface area contributed by atoms with Gasteiger partial charge in [0.25, 0.3) is 0 Å². The van der Waals surface area contributed by atoms with Gasteiger partial charge in [-0.3, -0.25) is 9.69 Å². The number of fused-ring (bicyclic) bond motifs is 1. The van der Waals surface area contributed by atoms with E-state index in [2.05, 4.69) is 28.2 Å². The topological polar surface area (TPSA) is 23.6 Å². The summed E-state index contributed by atoms with van der Waals surface area (Å²) in [5.41, 5.74) is 1.43. The van der Waals surface area contributed by atoms with Crippen molar-refractivity contribution in [1.29, 1.82) is 0 Å². The molecule has 1 aromatic rings. The number of thiophene rings is 1. The van der Waals surface area contributed by atoms with Gasteiger partial charge in [0.2, 0.25) is 5.91 Å². The van der Waals surface area contributed by atoms with Crippen molar-refractivity contribution in [3.8, 4) is 0 Å². The summed E-state index contributed by atoms with van der Waals surface area (Å²) in [4.78, 5) is 18.3. The van der Waals surface area contributed by atoms with Crippen molar-refractivity contribution in [2.45, 2.75) is 45.2 Å². The minimum atomic E-state index is 0.325. The number of hydrogen-bond acceptors (Lipinski definition) is 3. The number of carbonyl (C=O) groups excluding carboxylic acids is 1. The molecule has 1 aromatic heterocycles. The number of piperidine rings is 1. The van der Waals surface area contributed by atoms with Gasteiger partial charge < -0.3 is 4.90 Å². The fourth-order valence-corrected chi connectivity index (χ4v) is 4.08. The van der Waals surface area contributed by atoms with E-state index in [4.69, 9.17) is 0 Å². The third kappa shape index (κ3) is 2.84. The van der Waals surface area contributed by atoms with Gasteiger partial charge in [-0.15, -0.1) is 11.3 Å². The van der Waals surface area contributed by atoms with Crippen molar-refractivity contribution in [3.05, 3.63) is 21.9 Å². The van der Waals surface area contributed by atoms with Gasteiger partial charge >= 0.3 is 0 Å². The second-order valence-corrected chi connectivity index (χ2v) is 6.76. The number of carbonyl (C=O) groups is 1. The molecule has 0 N–H and O–H groups in total. The Hall–Kier alpha value is -0.870. The van der Waals surface area contributed by atoms with E-state index in [0.717, 1.165) is 26.1 Å². The molecule has 1 saturated heterocycles. The number of amides is 1. The van der Waals surface area contributed by atoms with Crippen LogP contribution in [0.15, 0.2) is 11.4 Å². The second-order valence-electron chi connectivity index (χ2n) is 5.76. The van der Waals surface area contributed by atoms with Crippen LogP contribution in [0.4, 0.5) is 0 Å². The van der Waals surface area contributed by atoms with Gasteiger partial charge in [0.15, 0.2) is 0 Å². The molecule has 1 amide bonds. The van der Waals surface area contributed by atoms with E-state index in [1.807, 2.05) is 11.3 Å². The molecule has 3 nitrogen and oxygen atoms in total. The molecule has 0 unspecified atom stereocenters. The normalized spacial score (nSPS) is 24.3. The van der Waals surface area contributed by atoms with Crippen molar-refractivity contribution in [2.75, 3.05) is 19.6 Å². The molecular weight excluding hydrogens is 256 g/mol. The summed E-state index contributed by atoms with van der Waals surface area (Å²) in [5.74, 6) is 0.325.